The van der Waals surface area contributed by atoms with E-state index in [0.29, 0.717) is 11.7 Å². The second kappa shape index (κ2) is 5.53. The van der Waals surface area contributed by atoms with Gasteiger partial charge in [-0.15, -0.1) is 0 Å². The Hall–Kier alpha value is -1.32. The van der Waals surface area contributed by atoms with E-state index >= 15 is 0 Å². The standard InChI is InChI=1S/C6H12N4.H2O4S/c1-4(2)9-6-5(7)3-8-10-6;1-5(2,3)4/h3-4H,7H2,1-2H3,(H2,8,9,10);(H2,1,2,3,4). The molecule has 0 saturated heterocycles. The van der Waals surface area contributed by atoms with Gasteiger partial charge in [-0.05, 0) is 13.8 Å². The van der Waals surface area contributed by atoms with E-state index in [-0.39, 0.29) is 0 Å². The first-order valence-corrected chi connectivity index (χ1v) is 5.35. The van der Waals surface area contributed by atoms with Crippen LogP contribution >= 0.6 is 0 Å². The molecule has 6 N–H and O–H groups in total. The van der Waals surface area contributed by atoms with Crippen LogP contribution in [0, 0.1) is 0 Å². The van der Waals surface area contributed by atoms with Crippen LogP contribution in [0.3, 0.4) is 0 Å². The summed E-state index contributed by atoms with van der Waals surface area (Å²) in [4.78, 5) is 0. The summed E-state index contributed by atoms with van der Waals surface area (Å²) in [5, 5.41) is 9.62. The summed E-state index contributed by atoms with van der Waals surface area (Å²) in [5.74, 6) is 0.801. The molecule has 0 amide bonds. The number of nitrogens with two attached hydrogens (primary N) is 1. The summed E-state index contributed by atoms with van der Waals surface area (Å²) < 4.78 is 31.6. The van der Waals surface area contributed by atoms with Gasteiger partial charge in [-0.25, -0.2) is 0 Å². The maximum atomic E-state index is 8.74. The fraction of sp³-hybridized carbons (Fsp3) is 0.500. The molecule has 0 aliphatic carbocycles. The lowest BCUT2D eigenvalue weighted by atomic mass is 10.4. The number of H-pyrrole nitrogens is 1. The average Bonchev–Trinajstić information content (AvgIpc) is 2.31. The third kappa shape index (κ3) is 9.00. The molecule has 1 rings (SSSR count). The SMILES string of the molecule is CC(C)Nc1[nH]ncc1N.O=S(=O)(O)O. The predicted molar refractivity (Wildman–Crippen MR) is 55.9 cm³/mol. The lowest BCUT2D eigenvalue weighted by Crippen LogP contribution is -2.11. The molecule has 15 heavy (non-hydrogen) atoms. The smallest absolute Gasteiger partial charge is 0.394 e. The molecule has 1 aromatic heterocycles. The van der Waals surface area contributed by atoms with E-state index in [0.717, 1.165) is 5.82 Å². The monoisotopic (exact) mass is 238 g/mol. The minimum Gasteiger partial charge on any atom is -0.394 e. The Morgan fingerprint density at radius 3 is 2.27 bits per heavy atom. The first kappa shape index (κ1) is 13.7. The Labute approximate surface area is 87.5 Å². The number of anilines is 2. The molecule has 9 heteroatoms. The summed E-state index contributed by atoms with van der Waals surface area (Å²) in [6.45, 7) is 4.08. The van der Waals surface area contributed by atoms with Crippen molar-refractivity contribution in [2.24, 2.45) is 0 Å². The van der Waals surface area contributed by atoms with Crippen molar-refractivity contribution in [1.82, 2.24) is 10.2 Å². The molecule has 0 fully saturated rings. The highest BCUT2D eigenvalue weighted by molar-refractivity contribution is 7.79. The maximum Gasteiger partial charge on any atom is 0.394 e. The van der Waals surface area contributed by atoms with Gasteiger partial charge in [0.2, 0.25) is 0 Å². The Bertz CT molecular complexity index is 378. The first-order chi connectivity index (χ1) is 6.70. The van der Waals surface area contributed by atoms with Crippen LogP contribution in [0.25, 0.3) is 0 Å². The Morgan fingerprint density at radius 2 is 2.00 bits per heavy atom. The topological polar surface area (TPSA) is 141 Å². The molecule has 0 atom stereocenters. The van der Waals surface area contributed by atoms with Gasteiger partial charge < -0.3 is 11.1 Å². The zero-order valence-corrected chi connectivity index (χ0v) is 9.11. The van der Waals surface area contributed by atoms with Crippen molar-refractivity contribution < 1.29 is 17.5 Å². The van der Waals surface area contributed by atoms with Gasteiger partial charge in [-0.1, -0.05) is 0 Å². The van der Waals surface area contributed by atoms with Crippen molar-refractivity contribution >= 4 is 21.9 Å². The van der Waals surface area contributed by atoms with Crippen molar-refractivity contribution in [2.75, 3.05) is 11.1 Å². The highest BCUT2D eigenvalue weighted by Crippen LogP contribution is 2.12. The van der Waals surface area contributed by atoms with Gasteiger partial charge in [-0.2, -0.15) is 13.5 Å². The number of nitrogens with one attached hydrogen (secondary N) is 2. The van der Waals surface area contributed by atoms with Gasteiger partial charge in [0.25, 0.3) is 0 Å². The van der Waals surface area contributed by atoms with Crippen LogP contribution in [0.15, 0.2) is 6.20 Å². The van der Waals surface area contributed by atoms with Gasteiger partial charge in [0, 0.05) is 6.04 Å². The largest absolute Gasteiger partial charge is 0.394 e. The van der Waals surface area contributed by atoms with Crippen molar-refractivity contribution in [3.63, 3.8) is 0 Å². The van der Waals surface area contributed by atoms with Crippen molar-refractivity contribution in [3.8, 4) is 0 Å². The van der Waals surface area contributed by atoms with Crippen LogP contribution in [-0.4, -0.2) is 33.8 Å². The third-order valence-electron chi connectivity index (χ3n) is 1.10. The maximum absolute atomic E-state index is 8.74. The third-order valence-corrected chi connectivity index (χ3v) is 1.10. The number of hydrogen-bond donors (Lipinski definition) is 5. The number of hydrogen-bond acceptors (Lipinski definition) is 5. The van der Waals surface area contributed by atoms with E-state index < -0.39 is 10.4 Å². The minimum absolute atomic E-state index is 0.378. The molecule has 0 bridgehead atoms. The van der Waals surface area contributed by atoms with Crippen LogP contribution in [-0.2, 0) is 10.4 Å². The van der Waals surface area contributed by atoms with E-state index in [9.17, 15) is 0 Å². The Morgan fingerprint density at radius 1 is 1.53 bits per heavy atom. The van der Waals surface area contributed by atoms with Crippen molar-refractivity contribution in [3.05, 3.63) is 6.20 Å². The zero-order valence-electron chi connectivity index (χ0n) is 8.30. The highest BCUT2D eigenvalue weighted by atomic mass is 32.3. The number of aromatic nitrogens is 2. The van der Waals surface area contributed by atoms with Gasteiger partial charge in [0.15, 0.2) is 0 Å². The van der Waals surface area contributed by atoms with E-state index in [1.807, 2.05) is 13.8 Å². The predicted octanol–water partition coefficient (Wildman–Crippen LogP) is 0.159. The van der Waals surface area contributed by atoms with Crippen molar-refractivity contribution in [1.29, 1.82) is 0 Å². The normalized spacial score (nSPS) is 10.7. The quantitative estimate of drug-likeness (QED) is 0.462. The van der Waals surface area contributed by atoms with E-state index in [1.54, 1.807) is 6.20 Å². The minimum atomic E-state index is -4.67. The van der Waals surface area contributed by atoms with Gasteiger partial charge in [0.05, 0.1) is 11.9 Å². The molecule has 1 aromatic rings. The van der Waals surface area contributed by atoms with E-state index in [1.165, 1.54) is 0 Å². The average molecular weight is 238 g/mol. The summed E-state index contributed by atoms with van der Waals surface area (Å²) in [7, 11) is -4.67. The Balaban J connectivity index is 0.000000336. The lowest BCUT2D eigenvalue weighted by molar-refractivity contribution is 0.381. The van der Waals surface area contributed by atoms with Crippen LogP contribution in [0.2, 0.25) is 0 Å². The molecule has 0 aromatic carbocycles. The summed E-state index contributed by atoms with van der Waals surface area (Å²) in [6, 6.07) is 0.378. The molecule has 1 heterocycles. The number of rotatable bonds is 2. The molecule has 8 nitrogen and oxygen atoms in total. The molecule has 88 valence electrons. The van der Waals surface area contributed by atoms with E-state index in [4.69, 9.17) is 23.3 Å². The lowest BCUT2D eigenvalue weighted by Gasteiger charge is -2.06. The van der Waals surface area contributed by atoms with Gasteiger partial charge in [-0.3, -0.25) is 14.2 Å². The zero-order chi connectivity index (χ0) is 12.1. The van der Waals surface area contributed by atoms with Crippen LogP contribution in [0.5, 0.6) is 0 Å². The number of nitrogen functional groups attached to an aromatic ring is 1. The van der Waals surface area contributed by atoms with Gasteiger partial charge in [0.1, 0.15) is 5.82 Å². The fourth-order valence-corrected chi connectivity index (χ4v) is 0.700. The summed E-state index contributed by atoms with van der Waals surface area (Å²) >= 11 is 0. The summed E-state index contributed by atoms with van der Waals surface area (Å²) in [5.41, 5.74) is 6.19. The van der Waals surface area contributed by atoms with Crippen LogP contribution in [0.1, 0.15) is 13.8 Å². The van der Waals surface area contributed by atoms with Crippen molar-refractivity contribution in [2.45, 2.75) is 19.9 Å². The highest BCUT2D eigenvalue weighted by Gasteiger charge is 2.00. The fourth-order valence-electron chi connectivity index (χ4n) is 0.700. The molecule has 0 aliphatic rings. The molecular weight excluding hydrogens is 224 g/mol. The van der Waals surface area contributed by atoms with Gasteiger partial charge >= 0.3 is 10.4 Å². The van der Waals surface area contributed by atoms with Crippen LogP contribution < -0.4 is 11.1 Å². The molecule has 0 aliphatic heterocycles. The Kier molecular flexibility index (Phi) is 5.05. The summed E-state index contributed by atoms with van der Waals surface area (Å²) in [6.07, 6.45) is 1.59. The molecule has 0 spiro atoms. The molecule has 0 unspecified atom stereocenters. The molecule has 0 radical (unpaired) electrons. The molecular formula is C6H14N4O4S. The number of nitrogens with zero attached hydrogens (tertiary/aromatic N) is 1. The molecule has 0 saturated carbocycles. The second-order valence-electron chi connectivity index (χ2n) is 2.95. The van der Waals surface area contributed by atoms with Crippen LogP contribution in [0.4, 0.5) is 11.5 Å². The first-order valence-electron chi connectivity index (χ1n) is 3.95. The second-order valence-corrected chi connectivity index (χ2v) is 3.84. The number of aromatic amines is 1. The van der Waals surface area contributed by atoms with E-state index in [2.05, 4.69) is 15.5 Å².